The molecule has 0 radical (unpaired) electrons. The molecule has 1 aromatic carbocycles. The molecule has 0 aliphatic carbocycles. The second-order valence-electron chi connectivity index (χ2n) is 6.78. The van der Waals surface area contributed by atoms with Gasteiger partial charge in [0.05, 0.1) is 13.2 Å². The van der Waals surface area contributed by atoms with Crippen molar-refractivity contribution in [3.8, 4) is 5.75 Å². The van der Waals surface area contributed by atoms with E-state index in [1.807, 2.05) is 37.3 Å². The van der Waals surface area contributed by atoms with E-state index in [0.29, 0.717) is 10.8 Å². The molecule has 2 aromatic rings. The molecule has 1 N–H and O–H groups in total. The Labute approximate surface area is 166 Å². The number of aryl methyl sites for hydroxylation is 1. The van der Waals surface area contributed by atoms with E-state index < -0.39 is 10.0 Å². The predicted molar refractivity (Wildman–Crippen MR) is 110 cm³/mol. The molecular formula is C20H28N2O3S2. The summed E-state index contributed by atoms with van der Waals surface area (Å²) in [5, 5.41) is 0. The molecule has 1 aliphatic heterocycles. The lowest BCUT2D eigenvalue weighted by atomic mass is 10.0. The number of methoxy groups -OCH3 is 1. The Balaban J connectivity index is 1.82. The Bertz CT molecular complexity index is 842. The van der Waals surface area contributed by atoms with Crippen molar-refractivity contribution in [2.45, 2.75) is 42.9 Å². The molecule has 27 heavy (non-hydrogen) atoms. The van der Waals surface area contributed by atoms with Gasteiger partial charge in [-0.05, 0) is 50.6 Å². The molecule has 1 aromatic heterocycles. The van der Waals surface area contributed by atoms with Gasteiger partial charge in [-0.25, -0.2) is 13.1 Å². The molecule has 0 bridgehead atoms. The van der Waals surface area contributed by atoms with E-state index in [4.69, 9.17) is 4.74 Å². The fourth-order valence-electron chi connectivity index (χ4n) is 3.56. The van der Waals surface area contributed by atoms with Crippen LogP contribution in [0.5, 0.6) is 5.75 Å². The number of hydrogen-bond donors (Lipinski definition) is 1. The van der Waals surface area contributed by atoms with Crippen molar-refractivity contribution in [1.29, 1.82) is 0 Å². The molecule has 1 saturated heterocycles. The summed E-state index contributed by atoms with van der Waals surface area (Å²) >= 11 is 1.34. The Kier molecular flexibility index (Phi) is 6.92. The lowest BCUT2D eigenvalue weighted by molar-refractivity contribution is 0.162. The zero-order chi connectivity index (χ0) is 19.3. The molecule has 7 heteroatoms. The van der Waals surface area contributed by atoms with Crippen LogP contribution < -0.4 is 9.46 Å². The van der Waals surface area contributed by atoms with Crippen LogP contribution in [0.3, 0.4) is 0 Å². The van der Waals surface area contributed by atoms with Crippen LogP contribution in [0.25, 0.3) is 0 Å². The number of piperidine rings is 1. The van der Waals surface area contributed by atoms with E-state index in [0.717, 1.165) is 48.5 Å². The maximum absolute atomic E-state index is 12.8. The highest BCUT2D eigenvalue weighted by atomic mass is 32.2. The molecule has 0 amide bonds. The van der Waals surface area contributed by atoms with E-state index in [2.05, 4.69) is 9.62 Å². The number of ether oxygens (including phenoxy) is 1. The van der Waals surface area contributed by atoms with Gasteiger partial charge in [0.25, 0.3) is 0 Å². The first kappa shape index (κ1) is 20.3. The average Bonchev–Trinajstić information content (AvgIpc) is 3.19. The molecule has 1 fully saturated rings. The SMILES string of the molecule is CCc1ccc(S(=O)(=O)NCC(c2ccccc2OC)N2CCCCC2)s1. The second-order valence-corrected chi connectivity index (χ2v) is 9.94. The van der Waals surface area contributed by atoms with Crippen LogP contribution in [0.15, 0.2) is 40.6 Å². The van der Waals surface area contributed by atoms with Gasteiger partial charge in [0.2, 0.25) is 10.0 Å². The van der Waals surface area contributed by atoms with Gasteiger partial charge in [0, 0.05) is 17.0 Å². The van der Waals surface area contributed by atoms with Gasteiger partial charge in [-0.3, -0.25) is 4.90 Å². The maximum atomic E-state index is 12.8. The highest BCUT2D eigenvalue weighted by molar-refractivity contribution is 7.91. The standard InChI is InChI=1S/C20H28N2O3S2/c1-3-16-11-12-20(26-16)27(23,24)21-15-18(22-13-7-4-8-14-22)17-9-5-6-10-19(17)25-2/h5-6,9-12,18,21H,3-4,7-8,13-15H2,1-2H3. The van der Waals surface area contributed by atoms with Crippen molar-refractivity contribution in [3.05, 3.63) is 46.8 Å². The molecular weight excluding hydrogens is 380 g/mol. The van der Waals surface area contributed by atoms with E-state index in [9.17, 15) is 8.42 Å². The molecule has 5 nitrogen and oxygen atoms in total. The Morgan fingerprint density at radius 2 is 1.89 bits per heavy atom. The number of para-hydroxylation sites is 1. The van der Waals surface area contributed by atoms with Crippen LogP contribution in [-0.4, -0.2) is 40.1 Å². The first-order valence-electron chi connectivity index (χ1n) is 9.50. The molecule has 148 valence electrons. The van der Waals surface area contributed by atoms with Gasteiger partial charge in [-0.15, -0.1) is 11.3 Å². The fraction of sp³-hybridized carbons (Fsp3) is 0.500. The first-order chi connectivity index (χ1) is 13.0. The van der Waals surface area contributed by atoms with Crippen LogP contribution in [0.2, 0.25) is 0 Å². The number of nitrogens with zero attached hydrogens (tertiary/aromatic N) is 1. The van der Waals surface area contributed by atoms with Crippen LogP contribution in [0, 0.1) is 0 Å². The van der Waals surface area contributed by atoms with Crippen LogP contribution >= 0.6 is 11.3 Å². The normalized spacial score (nSPS) is 17.0. The maximum Gasteiger partial charge on any atom is 0.250 e. The number of benzene rings is 1. The first-order valence-corrected chi connectivity index (χ1v) is 11.8. The van der Waals surface area contributed by atoms with Crippen molar-refractivity contribution in [1.82, 2.24) is 9.62 Å². The number of thiophene rings is 1. The van der Waals surface area contributed by atoms with Crippen LogP contribution in [0.4, 0.5) is 0 Å². The summed E-state index contributed by atoms with van der Waals surface area (Å²) in [5.41, 5.74) is 1.03. The summed E-state index contributed by atoms with van der Waals surface area (Å²) < 4.78 is 34.3. The Morgan fingerprint density at radius 1 is 1.15 bits per heavy atom. The number of rotatable bonds is 8. The van der Waals surface area contributed by atoms with Gasteiger partial charge in [-0.1, -0.05) is 31.5 Å². The highest BCUT2D eigenvalue weighted by Crippen LogP contribution is 2.31. The van der Waals surface area contributed by atoms with Crippen molar-refractivity contribution in [2.75, 3.05) is 26.7 Å². The van der Waals surface area contributed by atoms with Crippen molar-refractivity contribution >= 4 is 21.4 Å². The van der Waals surface area contributed by atoms with Gasteiger partial charge >= 0.3 is 0 Å². The van der Waals surface area contributed by atoms with Crippen molar-refractivity contribution in [2.24, 2.45) is 0 Å². The van der Waals surface area contributed by atoms with E-state index >= 15 is 0 Å². The van der Waals surface area contributed by atoms with Crippen LogP contribution in [-0.2, 0) is 16.4 Å². The van der Waals surface area contributed by atoms with Gasteiger partial charge in [-0.2, -0.15) is 0 Å². The van der Waals surface area contributed by atoms with Crippen molar-refractivity contribution < 1.29 is 13.2 Å². The van der Waals surface area contributed by atoms with E-state index in [-0.39, 0.29) is 6.04 Å². The summed E-state index contributed by atoms with van der Waals surface area (Å²) in [6.45, 7) is 4.32. The zero-order valence-corrected chi connectivity index (χ0v) is 17.6. The molecule has 3 rings (SSSR count). The average molecular weight is 409 g/mol. The fourth-order valence-corrected chi connectivity index (χ4v) is 5.94. The quantitative estimate of drug-likeness (QED) is 0.721. The van der Waals surface area contributed by atoms with E-state index in [1.54, 1.807) is 13.2 Å². The highest BCUT2D eigenvalue weighted by Gasteiger charge is 2.27. The number of nitrogens with one attached hydrogen (secondary N) is 1. The minimum Gasteiger partial charge on any atom is -0.496 e. The van der Waals surface area contributed by atoms with Gasteiger partial charge in [0.1, 0.15) is 9.96 Å². The zero-order valence-electron chi connectivity index (χ0n) is 16.0. The monoisotopic (exact) mass is 408 g/mol. The summed E-state index contributed by atoms with van der Waals surface area (Å²) in [5.74, 6) is 0.802. The minimum atomic E-state index is -3.51. The minimum absolute atomic E-state index is 0.0400. The largest absolute Gasteiger partial charge is 0.496 e. The van der Waals surface area contributed by atoms with E-state index in [1.165, 1.54) is 17.8 Å². The van der Waals surface area contributed by atoms with Gasteiger partial charge in [0.15, 0.2) is 0 Å². The summed E-state index contributed by atoms with van der Waals surface area (Å²) in [6.07, 6.45) is 4.36. The molecule has 0 saturated carbocycles. The molecule has 0 spiro atoms. The second kappa shape index (κ2) is 9.19. The number of sulfonamides is 1. The lowest BCUT2D eigenvalue weighted by Gasteiger charge is -2.35. The third kappa shape index (κ3) is 4.90. The molecule has 1 aliphatic rings. The van der Waals surface area contributed by atoms with Crippen molar-refractivity contribution in [3.63, 3.8) is 0 Å². The summed E-state index contributed by atoms with van der Waals surface area (Å²) in [6, 6.07) is 11.4. The predicted octanol–water partition coefficient (Wildman–Crippen LogP) is 3.82. The number of likely N-dealkylation sites (tertiary alicyclic amines) is 1. The molecule has 2 heterocycles. The third-order valence-electron chi connectivity index (χ3n) is 5.05. The summed E-state index contributed by atoms with van der Waals surface area (Å²) in [7, 11) is -1.85. The Hall–Kier alpha value is -1.41. The molecule has 1 unspecified atom stereocenters. The third-order valence-corrected chi connectivity index (χ3v) is 8.19. The van der Waals surface area contributed by atoms with Gasteiger partial charge < -0.3 is 4.74 Å². The smallest absolute Gasteiger partial charge is 0.250 e. The Morgan fingerprint density at radius 3 is 2.56 bits per heavy atom. The lowest BCUT2D eigenvalue weighted by Crippen LogP contribution is -2.40. The molecule has 1 atom stereocenters. The summed E-state index contributed by atoms with van der Waals surface area (Å²) in [4.78, 5) is 3.45. The topological polar surface area (TPSA) is 58.6 Å². The number of hydrogen-bond acceptors (Lipinski definition) is 5. The van der Waals surface area contributed by atoms with Crippen LogP contribution in [0.1, 0.15) is 42.7 Å².